The zero-order valence-corrected chi connectivity index (χ0v) is 11.7. The predicted molar refractivity (Wildman–Crippen MR) is 72.8 cm³/mol. The lowest BCUT2D eigenvalue weighted by atomic mass is 9.99. The van der Waals surface area contributed by atoms with E-state index in [4.69, 9.17) is 10.2 Å². The monoisotopic (exact) mass is 311 g/mol. The first-order chi connectivity index (χ1) is 8.63. The van der Waals surface area contributed by atoms with Crippen LogP contribution in [0.1, 0.15) is 29.9 Å². The summed E-state index contributed by atoms with van der Waals surface area (Å²) in [7, 11) is 0. The molecule has 1 heterocycles. The first kappa shape index (κ1) is 13.3. The maximum Gasteiger partial charge on any atom is 0.137 e. The number of benzene rings is 1. The lowest BCUT2D eigenvalue weighted by molar-refractivity contribution is 0.505. The van der Waals surface area contributed by atoms with Gasteiger partial charge in [0.15, 0.2) is 0 Å². The molecule has 2 nitrogen and oxygen atoms in total. The van der Waals surface area contributed by atoms with E-state index in [2.05, 4.69) is 15.9 Å². The topological polar surface area (TPSA) is 39.2 Å². The van der Waals surface area contributed by atoms with E-state index >= 15 is 0 Å². The lowest BCUT2D eigenvalue weighted by Crippen LogP contribution is -2.14. The van der Waals surface area contributed by atoms with Gasteiger partial charge in [0.1, 0.15) is 11.6 Å². The smallest absolute Gasteiger partial charge is 0.137 e. The first-order valence-electron chi connectivity index (χ1n) is 5.88. The van der Waals surface area contributed by atoms with E-state index < -0.39 is 0 Å². The molecule has 0 saturated carbocycles. The maximum atomic E-state index is 13.4. The highest BCUT2D eigenvalue weighted by atomic mass is 79.9. The van der Waals surface area contributed by atoms with Gasteiger partial charge in [0.2, 0.25) is 0 Å². The number of aryl methyl sites for hydroxylation is 1. The molecule has 4 heteroatoms. The summed E-state index contributed by atoms with van der Waals surface area (Å²) in [5.41, 5.74) is 8.02. The molecule has 1 unspecified atom stereocenters. The number of halogens is 2. The minimum atomic E-state index is -0.261. The molecule has 2 rings (SSSR count). The van der Waals surface area contributed by atoms with Crippen molar-refractivity contribution in [3.05, 3.63) is 57.7 Å². The van der Waals surface area contributed by atoms with Crippen molar-refractivity contribution in [2.45, 2.75) is 25.8 Å². The highest BCUT2D eigenvalue weighted by Crippen LogP contribution is 2.26. The Hall–Kier alpha value is -1.13. The van der Waals surface area contributed by atoms with Crippen LogP contribution in [0.25, 0.3) is 0 Å². The van der Waals surface area contributed by atoms with Crippen molar-refractivity contribution < 1.29 is 8.81 Å². The van der Waals surface area contributed by atoms with E-state index in [1.54, 1.807) is 12.3 Å². The molecule has 2 N–H and O–H groups in total. The van der Waals surface area contributed by atoms with Crippen LogP contribution >= 0.6 is 15.9 Å². The van der Waals surface area contributed by atoms with Crippen LogP contribution in [0.3, 0.4) is 0 Å². The van der Waals surface area contributed by atoms with E-state index in [-0.39, 0.29) is 11.9 Å². The largest absolute Gasteiger partial charge is 0.469 e. The van der Waals surface area contributed by atoms with Crippen LogP contribution in [0.4, 0.5) is 4.39 Å². The molecule has 18 heavy (non-hydrogen) atoms. The van der Waals surface area contributed by atoms with Crippen LogP contribution in [0.15, 0.2) is 39.4 Å². The molecule has 0 amide bonds. The van der Waals surface area contributed by atoms with E-state index in [0.29, 0.717) is 10.9 Å². The molecule has 0 radical (unpaired) electrons. The Balaban J connectivity index is 2.21. The Morgan fingerprint density at radius 2 is 2.17 bits per heavy atom. The SMILES string of the molecule is CCc1occc1C(N)Cc1cccc(F)c1Br. The van der Waals surface area contributed by atoms with Crippen LogP contribution in [0, 0.1) is 5.82 Å². The summed E-state index contributed by atoms with van der Waals surface area (Å²) in [6, 6.07) is 6.69. The fourth-order valence-corrected chi connectivity index (χ4v) is 2.45. The van der Waals surface area contributed by atoms with Crippen molar-refractivity contribution in [3.8, 4) is 0 Å². The molecule has 1 aromatic heterocycles. The summed E-state index contributed by atoms with van der Waals surface area (Å²) in [5.74, 6) is 0.637. The zero-order chi connectivity index (χ0) is 13.1. The van der Waals surface area contributed by atoms with Crippen LogP contribution in [-0.4, -0.2) is 0 Å². The van der Waals surface area contributed by atoms with Gasteiger partial charge >= 0.3 is 0 Å². The number of nitrogens with two attached hydrogens (primary N) is 1. The average molecular weight is 312 g/mol. The van der Waals surface area contributed by atoms with Gasteiger partial charge in [-0.2, -0.15) is 0 Å². The highest BCUT2D eigenvalue weighted by Gasteiger charge is 2.15. The highest BCUT2D eigenvalue weighted by molar-refractivity contribution is 9.10. The van der Waals surface area contributed by atoms with Gasteiger partial charge < -0.3 is 10.2 Å². The third-order valence-corrected chi connectivity index (χ3v) is 3.86. The third kappa shape index (κ3) is 2.65. The maximum absolute atomic E-state index is 13.4. The van der Waals surface area contributed by atoms with E-state index in [1.165, 1.54) is 6.07 Å². The van der Waals surface area contributed by atoms with E-state index in [9.17, 15) is 4.39 Å². The number of rotatable bonds is 4. The third-order valence-electron chi connectivity index (χ3n) is 2.97. The lowest BCUT2D eigenvalue weighted by Gasteiger charge is -2.13. The van der Waals surface area contributed by atoms with Gasteiger partial charge in [0, 0.05) is 18.0 Å². The van der Waals surface area contributed by atoms with Gasteiger partial charge in [-0.3, -0.25) is 0 Å². The summed E-state index contributed by atoms with van der Waals surface area (Å²) < 4.78 is 19.3. The molecular formula is C14H15BrFNO. The molecule has 0 saturated heterocycles. The molecule has 96 valence electrons. The Labute approximate surface area is 114 Å². The number of furan rings is 1. The normalized spacial score (nSPS) is 12.7. The van der Waals surface area contributed by atoms with Crippen molar-refractivity contribution in [2.24, 2.45) is 5.73 Å². The van der Waals surface area contributed by atoms with Gasteiger partial charge in [-0.25, -0.2) is 4.39 Å². The molecule has 0 bridgehead atoms. The van der Waals surface area contributed by atoms with Crippen LogP contribution < -0.4 is 5.73 Å². The summed E-state index contributed by atoms with van der Waals surface area (Å²) in [6.07, 6.45) is 3.03. The predicted octanol–water partition coefficient (Wildman–Crippen LogP) is 3.99. The van der Waals surface area contributed by atoms with Crippen LogP contribution in [0.5, 0.6) is 0 Å². The minimum Gasteiger partial charge on any atom is -0.469 e. The molecule has 0 aliphatic carbocycles. The van der Waals surface area contributed by atoms with Crippen molar-refractivity contribution in [3.63, 3.8) is 0 Å². The van der Waals surface area contributed by atoms with Crippen molar-refractivity contribution in [1.82, 2.24) is 0 Å². The van der Waals surface area contributed by atoms with Gasteiger partial charge in [0.05, 0.1) is 10.7 Å². The molecule has 0 fully saturated rings. The van der Waals surface area contributed by atoms with Gasteiger partial charge in [-0.05, 0) is 40.0 Å². The number of hydrogen-bond donors (Lipinski definition) is 1. The molecule has 0 aliphatic heterocycles. The number of hydrogen-bond acceptors (Lipinski definition) is 2. The van der Waals surface area contributed by atoms with Gasteiger partial charge in [-0.15, -0.1) is 0 Å². The summed E-state index contributed by atoms with van der Waals surface area (Å²) in [4.78, 5) is 0. The second kappa shape index (κ2) is 5.67. The summed E-state index contributed by atoms with van der Waals surface area (Å²) in [6.45, 7) is 2.02. The standard InChI is InChI=1S/C14H15BrFNO/c1-2-13-10(6-7-18-13)12(17)8-9-4-3-5-11(16)14(9)15/h3-7,12H,2,8,17H2,1H3. The van der Waals surface area contributed by atoms with Crippen LogP contribution in [0.2, 0.25) is 0 Å². The minimum absolute atomic E-state index is 0.184. The molecule has 0 aliphatic rings. The quantitative estimate of drug-likeness (QED) is 0.927. The van der Waals surface area contributed by atoms with Crippen molar-refractivity contribution >= 4 is 15.9 Å². The second-order valence-electron chi connectivity index (χ2n) is 4.18. The molecule has 1 aromatic carbocycles. The molecular weight excluding hydrogens is 297 g/mol. The summed E-state index contributed by atoms with van der Waals surface area (Å²) in [5, 5.41) is 0. The van der Waals surface area contributed by atoms with Crippen LogP contribution in [-0.2, 0) is 12.8 Å². The molecule has 2 aromatic rings. The Bertz CT molecular complexity index is 538. The van der Waals surface area contributed by atoms with Crippen molar-refractivity contribution in [1.29, 1.82) is 0 Å². The van der Waals surface area contributed by atoms with Crippen molar-refractivity contribution in [2.75, 3.05) is 0 Å². The Morgan fingerprint density at radius 1 is 1.39 bits per heavy atom. The van der Waals surface area contributed by atoms with E-state index in [1.807, 2.05) is 19.1 Å². The molecule has 0 spiro atoms. The zero-order valence-electron chi connectivity index (χ0n) is 10.1. The van der Waals surface area contributed by atoms with Gasteiger partial charge in [-0.1, -0.05) is 19.1 Å². The second-order valence-corrected chi connectivity index (χ2v) is 4.97. The fourth-order valence-electron chi connectivity index (χ4n) is 2.02. The molecule has 1 atom stereocenters. The summed E-state index contributed by atoms with van der Waals surface area (Å²) >= 11 is 3.25. The average Bonchev–Trinajstić information content (AvgIpc) is 2.83. The van der Waals surface area contributed by atoms with E-state index in [0.717, 1.165) is 23.3 Å². The van der Waals surface area contributed by atoms with Gasteiger partial charge in [0.25, 0.3) is 0 Å². The fraction of sp³-hybridized carbons (Fsp3) is 0.286. The Kier molecular flexibility index (Phi) is 4.19. The Morgan fingerprint density at radius 3 is 2.89 bits per heavy atom. The first-order valence-corrected chi connectivity index (χ1v) is 6.67.